The van der Waals surface area contributed by atoms with Crippen molar-refractivity contribution in [2.24, 2.45) is 0 Å². The summed E-state index contributed by atoms with van der Waals surface area (Å²) in [6.45, 7) is 0. The third-order valence-electron chi connectivity index (χ3n) is 5.05. The number of thiazole rings is 1. The summed E-state index contributed by atoms with van der Waals surface area (Å²) in [6, 6.07) is 23.5. The molecule has 0 aliphatic rings. The molecule has 32 heavy (non-hydrogen) atoms. The molecule has 0 spiro atoms. The predicted octanol–water partition coefficient (Wildman–Crippen LogP) is 4.46. The maximum Gasteiger partial charge on any atom is 0.229 e. The van der Waals surface area contributed by atoms with Gasteiger partial charge in [0.05, 0.1) is 20.6 Å². The number of hydrogen-bond donors (Lipinski definition) is 1. The van der Waals surface area contributed by atoms with E-state index in [4.69, 9.17) is 0 Å². The van der Waals surface area contributed by atoms with E-state index in [1.165, 1.54) is 28.0 Å². The van der Waals surface area contributed by atoms with E-state index in [1.807, 2.05) is 48.5 Å². The molecule has 0 saturated heterocycles. The van der Waals surface area contributed by atoms with Crippen LogP contribution in [0.3, 0.4) is 0 Å². The lowest BCUT2D eigenvalue weighted by Crippen LogP contribution is -2.05. The summed E-state index contributed by atoms with van der Waals surface area (Å²) in [5.74, 6) is 0.485. The van der Waals surface area contributed by atoms with Gasteiger partial charge >= 0.3 is 0 Å². The normalized spacial score (nSPS) is 12.0. The molecule has 0 bridgehead atoms. The second-order valence-corrected chi connectivity index (χ2v) is 9.93. The van der Waals surface area contributed by atoms with E-state index in [2.05, 4.69) is 25.6 Å². The van der Waals surface area contributed by atoms with E-state index in [0.29, 0.717) is 16.5 Å². The lowest BCUT2D eigenvalue weighted by atomic mass is 10.2. The highest BCUT2D eigenvalue weighted by Gasteiger charge is 2.27. The lowest BCUT2D eigenvalue weighted by Gasteiger charge is -2.08. The maximum atomic E-state index is 13.2. The first-order chi connectivity index (χ1) is 15.6. The van der Waals surface area contributed by atoms with E-state index < -0.39 is 9.84 Å². The number of nitrogens with one attached hydrogen (secondary N) is 1. The average Bonchev–Trinajstić information content (AvgIpc) is 3.44. The predicted molar refractivity (Wildman–Crippen MR) is 123 cm³/mol. The Bertz CT molecular complexity index is 1690. The second kappa shape index (κ2) is 7.08. The Balaban J connectivity index is 1.57. The zero-order chi connectivity index (χ0) is 21.7. The summed E-state index contributed by atoms with van der Waals surface area (Å²) in [5, 5.41) is 12.6. The molecule has 0 saturated carbocycles. The Labute approximate surface area is 186 Å². The number of anilines is 2. The molecule has 3 aromatic heterocycles. The molecule has 6 aromatic rings. The Morgan fingerprint density at radius 2 is 1.59 bits per heavy atom. The summed E-state index contributed by atoms with van der Waals surface area (Å²) < 4.78 is 29.0. The van der Waals surface area contributed by atoms with E-state index in [-0.39, 0.29) is 15.6 Å². The number of fused-ring (bicyclic) bond motifs is 4. The van der Waals surface area contributed by atoms with Gasteiger partial charge in [-0.2, -0.15) is 4.52 Å². The first-order valence-corrected chi connectivity index (χ1v) is 12.0. The minimum atomic E-state index is -3.90. The summed E-state index contributed by atoms with van der Waals surface area (Å²) >= 11 is 1.50. The molecule has 8 nitrogen and oxygen atoms in total. The fraction of sp³-hybridized carbons (Fsp3) is 0. The number of para-hydroxylation sites is 2. The van der Waals surface area contributed by atoms with Crippen molar-refractivity contribution in [3.8, 4) is 0 Å². The van der Waals surface area contributed by atoms with Gasteiger partial charge in [0.15, 0.2) is 10.8 Å². The van der Waals surface area contributed by atoms with Gasteiger partial charge < -0.3 is 5.32 Å². The van der Waals surface area contributed by atoms with Crippen LogP contribution in [0, 0.1) is 0 Å². The Morgan fingerprint density at radius 3 is 2.44 bits per heavy atom. The number of sulfone groups is 1. The van der Waals surface area contributed by atoms with E-state index in [0.717, 1.165) is 15.6 Å². The standard InChI is InChI=1S/C22H14N6O2S2/c29-32(30,14-8-2-1-3-9-14)21-20-24-19(15-10-4-6-12-17(15)28(20)27-26-21)25-22-23-16-11-5-7-13-18(16)31-22/h1-13H,(H,23,24,25). The van der Waals surface area contributed by atoms with Crippen molar-refractivity contribution in [3.63, 3.8) is 0 Å². The van der Waals surface area contributed by atoms with Crippen molar-refractivity contribution in [1.82, 2.24) is 24.8 Å². The second-order valence-electron chi connectivity index (χ2n) is 7.04. The number of hydrogen-bond acceptors (Lipinski definition) is 8. The van der Waals surface area contributed by atoms with Gasteiger partial charge in [0, 0.05) is 5.39 Å². The van der Waals surface area contributed by atoms with Crippen LogP contribution < -0.4 is 5.32 Å². The number of aromatic nitrogens is 5. The summed E-state index contributed by atoms with van der Waals surface area (Å²) in [4.78, 5) is 9.38. The van der Waals surface area contributed by atoms with Crippen LogP contribution in [0.2, 0.25) is 0 Å². The average molecular weight is 459 g/mol. The van der Waals surface area contributed by atoms with Gasteiger partial charge in [0.2, 0.25) is 14.9 Å². The van der Waals surface area contributed by atoms with Crippen molar-refractivity contribution < 1.29 is 8.42 Å². The van der Waals surface area contributed by atoms with Crippen molar-refractivity contribution in [2.75, 3.05) is 5.32 Å². The fourth-order valence-electron chi connectivity index (χ4n) is 3.55. The topological polar surface area (TPSA) is 102 Å². The van der Waals surface area contributed by atoms with Gasteiger partial charge in [-0.15, -0.1) is 5.10 Å². The van der Waals surface area contributed by atoms with Crippen molar-refractivity contribution in [1.29, 1.82) is 0 Å². The summed E-state index contributed by atoms with van der Waals surface area (Å²) in [7, 11) is -3.90. The van der Waals surface area contributed by atoms with Gasteiger partial charge in [0.25, 0.3) is 0 Å². The number of rotatable bonds is 4. The Morgan fingerprint density at radius 1 is 0.844 bits per heavy atom. The molecule has 6 rings (SSSR count). The first-order valence-electron chi connectivity index (χ1n) is 9.68. The molecule has 3 heterocycles. The minimum absolute atomic E-state index is 0.137. The quantitative estimate of drug-likeness (QED) is 0.416. The number of nitrogens with zero attached hydrogens (tertiary/aromatic N) is 5. The molecule has 10 heteroatoms. The SMILES string of the molecule is O=S(=O)(c1ccccc1)c1nnn2c1nc(Nc1nc3ccccc3s1)c1ccccc12. The zero-order valence-corrected chi connectivity index (χ0v) is 18.0. The van der Waals surface area contributed by atoms with Crippen molar-refractivity contribution in [3.05, 3.63) is 78.9 Å². The molecule has 0 radical (unpaired) electrons. The van der Waals surface area contributed by atoms with Gasteiger partial charge in [-0.25, -0.2) is 18.4 Å². The molecular formula is C22H14N6O2S2. The van der Waals surface area contributed by atoms with Crippen LogP contribution in [0.15, 0.2) is 88.8 Å². The van der Waals surface area contributed by atoms with Gasteiger partial charge in [0.1, 0.15) is 5.82 Å². The molecule has 0 unspecified atom stereocenters. The minimum Gasteiger partial charge on any atom is -0.316 e. The van der Waals surface area contributed by atoms with E-state index in [1.54, 1.807) is 18.2 Å². The zero-order valence-electron chi connectivity index (χ0n) is 16.4. The summed E-state index contributed by atoms with van der Waals surface area (Å²) in [5.41, 5.74) is 1.71. The summed E-state index contributed by atoms with van der Waals surface area (Å²) in [6.07, 6.45) is 0. The van der Waals surface area contributed by atoms with Crippen LogP contribution in [0.4, 0.5) is 10.9 Å². The van der Waals surface area contributed by atoms with Crippen molar-refractivity contribution >= 4 is 58.9 Å². The number of benzene rings is 3. The highest BCUT2D eigenvalue weighted by molar-refractivity contribution is 7.91. The smallest absolute Gasteiger partial charge is 0.229 e. The highest BCUT2D eigenvalue weighted by Crippen LogP contribution is 2.32. The molecule has 0 amide bonds. The van der Waals surface area contributed by atoms with Crippen LogP contribution >= 0.6 is 11.3 Å². The monoisotopic (exact) mass is 458 g/mol. The van der Waals surface area contributed by atoms with Crippen LogP contribution in [0.25, 0.3) is 26.8 Å². The largest absolute Gasteiger partial charge is 0.316 e. The molecule has 0 fully saturated rings. The maximum absolute atomic E-state index is 13.2. The third-order valence-corrected chi connectivity index (χ3v) is 7.67. The molecule has 3 aromatic carbocycles. The van der Waals surface area contributed by atoms with Crippen molar-refractivity contribution in [2.45, 2.75) is 9.92 Å². The van der Waals surface area contributed by atoms with Crippen LogP contribution in [0.5, 0.6) is 0 Å². The molecule has 156 valence electrons. The highest BCUT2D eigenvalue weighted by atomic mass is 32.2. The van der Waals surface area contributed by atoms with Crippen LogP contribution in [0.1, 0.15) is 0 Å². The van der Waals surface area contributed by atoms with E-state index in [9.17, 15) is 8.42 Å². The lowest BCUT2D eigenvalue weighted by molar-refractivity contribution is 0.592. The fourth-order valence-corrected chi connectivity index (χ4v) is 5.67. The Hall–Kier alpha value is -3.89. The molecule has 1 N–H and O–H groups in total. The van der Waals surface area contributed by atoms with Gasteiger partial charge in [-0.05, 0) is 36.4 Å². The molecule has 0 atom stereocenters. The van der Waals surface area contributed by atoms with Gasteiger partial charge in [-0.1, -0.05) is 59.0 Å². The molecular weight excluding hydrogens is 444 g/mol. The Kier molecular flexibility index (Phi) is 4.17. The van der Waals surface area contributed by atoms with Crippen LogP contribution in [-0.2, 0) is 9.84 Å². The molecule has 0 aliphatic carbocycles. The first kappa shape index (κ1) is 18.8. The van der Waals surface area contributed by atoms with E-state index >= 15 is 0 Å². The van der Waals surface area contributed by atoms with Gasteiger partial charge in [-0.3, -0.25) is 0 Å². The van der Waals surface area contributed by atoms with Crippen LogP contribution in [-0.4, -0.2) is 33.2 Å². The third kappa shape index (κ3) is 2.92. The molecule has 0 aliphatic heterocycles.